The van der Waals surface area contributed by atoms with Gasteiger partial charge in [0.05, 0.1) is 0 Å². The normalized spacial score (nSPS) is 15.4. The lowest BCUT2D eigenvalue weighted by Crippen LogP contribution is -2.44. The van der Waals surface area contributed by atoms with E-state index in [1.807, 2.05) is 19.2 Å². The molecule has 6 nitrogen and oxygen atoms in total. The number of aromatic nitrogens is 1. The second-order valence-corrected chi connectivity index (χ2v) is 5.67. The number of carbonyl (C=O) groups excluding carboxylic acids is 1. The molecule has 1 aliphatic heterocycles. The summed E-state index contributed by atoms with van der Waals surface area (Å²) in [5.74, 6) is 0.834. The Morgan fingerprint density at radius 1 is 1.29 bits per heavy atom. The molecule has 0 saturated carbocycles. The maximum atomic E-state index is 11.7. The molecule has 0 aromatic carbocycles. The van der Waals surface area contributed by atoms with Gasteiger partial charge in [0.2, 0.25) is 5.91 Å². The molecular formula is C15H28Cl3N5O. The standard InChI is InChI=1S/C15H25N5O.3ClH/c1-12(10-16)15(21)18-11-13-3-4-17-14(9-13)20-7-5-19(2)6-8-20;;;/h3-4,9,12H,5-8,10-11,16H2,1-2H3,(H,18,21);3*1H. The maximum Gasteiger partial charge on any atom is 0.224 e. The van der Waals surface area contributed by atoms with Crippen molar-refractivity contribution in [3.8, 4) is 0 Å². The summed E-state index contributed by atoms with van der Waals surface area (Å²) >= 11 is 0. The molecule has 24 heavy (non-hydrogen) atoms. The largest absolute Gasteiger partial charge is 0.354 e. The van der Waals surface area contributed by atoms with E-state index in [0.717, 1.165) is 37.6 Å². The summed E-state index contributed by atoms with van der Waals surface area (Å²) in [5.41, 5.74) is 6.56. The lowest BCUT2D eigenvalue weighted by atomic mass is 10.1. The Bertz CT molecular complexity index is 484. The Morgan fingerprint density at radius 2 is 1.92 bits per heavy atom. The van der Waals surface area contributed by atoms with Gasteiger partial charge in [-0.2, -0.15) is 0 Å². The van der Waals surface area contributed by atoms with E-state index in [1.54, 1.807) is 0 Å². The fourth-order valence-corrected chi connectivity index (χ4v) is 2.25. The predicted molar refractivity (Wildman–Crippen MR) is 106 cm³/mol. The van der Waals surface area contributed by atoms with E-state index in [2.05, 4.69) is 33.2 Å². The number of nitrogens with one attached hydrogen (secondary N) is 1. The molecule has 0 bridgehead atoms. The number of nitrogens with zero attached hydrogens (tertiary/aromatic N) is 3. The van der Waals surface area contributed by atoms with Crippen LogP contribution in [-0.2, 0) is 11.3 Å². The van der Waals surface area contributed by atoms with Crippen LogP contribution in [-0.4, -0.2) is 55.6 Å². The van der Waals surface area contributed by atoms with Gasteiger partial charge >= 0.3 is 0 Å². The molecule has 0 radical (unpaired) electrons. The molecule has 1 unspecified atom stereocenters. The van der Waals surface area contributed by atoms with Crippen molar-refractivity contribution in [3.63, 3.8) is 0 Å². The number of likely N-dealkylation sites (N-methyl/N-ethyl adjacent to an activating group) is 1. The van der Waals surface area contributed by atoms with Gasteiger partial charge in [0.25, 0.3) is 0 Å². The van der Waals surface area contributed by atoms with Crippen LogP contribution in [0.2, 0.25) is 0 Å². The van der Waals surface area contributed by atoms with Gasteiger partial charge in [-0.15, -0.1) is 37.2 Å². The van der Waals surface area contributed by atoms with E-state index in [4.69, 9.17) is 5.73 Å². The van der Waals surface area contributed by atoms with Gasteiger partial charge in [0.15, 0.2) is 0 Å². The van der Waals surface area contributed by atoms with Crippen molar-refractivity contribution in [1.82, 2.24) is 15.2 Å². The van der Waals surface area contributed by atoms with Gasteiger partial charge in [0, 0.05) is 51.4 Å². The zero-order valence-electron chi connectivity index (χ0n) is 14.1. The van der Waals surface area contributed by atoms with Crippen LogP contribution in [0.3, 0.4) is 0 Å². The molecule has 1 amide bonds. The Hall–Kier alpha value is -0.790. The van der Waals surface area contributed by atoms with Crippen LogP contribution >= 0.6 is 37.2 Å². The number of hydrogen-bond acceptors (Lipinski definition) is 5. The van der Waals surface area contributed by atoms with Gasteiger partial charge in [-0.1, -0.05) is 6.92 Å². The third kappa shape index (κ3) is 7.40. The summed E-state index contributed by atoms with van der Waals surface area (Å²) in [4.78, 5) is 20.8. The minimum atomic E-state index is -0.149. The van der Waals surface area contributed by atoms with Crippen LogP contribution in [0.15, 0.2) is 18.3 Å². The lowest BCUT2D eigenvalue weighted by molar-refractivity contribution is -0.124. The third-order valence-electron chi connectivity index (χ3n) is 3.91. The number of carbonyl (C=O) groups is 1. The molecule has 9 heteroatoms. The first kappa shape index (κ1) is 25.5. The van der Waals surface area contributed by atoms with E-state index >= 15 is 0 Å². The lowest BCUT2D eigenvalue weighted by Gasteiger charge is -2.33. The molecule has 2 rings (SSSR count). The van der Waals surface area contributed by atoms with Crippen molar-refractivity contribution < 1.29 is 4.79 Å². The highest BCUT2D eigenvalue weighted by molar-refractivity contribution is 5.86. The highest BCUT2D eigenvalue weighted by Gasteiger charge is 2.15. The maximum absolute atomic E-state index is 11.7. The number of pyridine rings is 1. The van der Waals surface area contributed by atoms with Crippen molar-refractivity contribution in [2.24, 2.45) is 11.7 Å². The molecule has 1 aromatic rings. The van der Waals surface area contributed by atoms with Gasteiger partial charge in [-0.3, -0.25) is 4.79 Å². The molecule has 1 atom stereocenters. The van der Waals surface area contributed by atoms with E-state index in [1.165, 1.54) is 0 Å². The molecule has 0 spiro atoms. The molecule has 1 saturated heterocycles. The number of piperazine rings is 1. The molecule has 0 aliphatic carbocycles. The van der Waals surface area contributed by atoms with Crippen molar-refractivity contribution in [2.45, 2.75) is 13.5 Å². The van der Waals surface area contributed by atoms with E-state index < -0.39 is 0 Å². The minimum absolute atomic E-state index is 0. The summed E-state index contributed by atoms with van der Waals surface area (Å²) in [5, 5.41) is 2.91. The first-order valence-electron chi connectivity index (χ1n) is 7.46. The van der Waals surface area contributed by atoms with Gasteiger partial charge in [-0.05, 0) is 24.7 Å². The second-order valence-electron chi connectivity index (χ2n) is 5.67. The Morgan fingerprint density at radius 3 is 2.50 bits per heavy atom. The summed E-state index contributed by atoms with van der Waals surface area (Å²) in [6.07, 6.45) is 1.81. The molecular weight excluding hydrogens is 373 g/mol. The number of rotatable bonds is 5. The van der Waals surface area contributed by atoms with Crippen LogP contribution < -0.4 is 16.0 Å². The molecule has 1 aliphatic rings. The number of anilines is 1. The first-order chi connectivity index (χ1) is 10.1. The summed E-state index contributed by atoms with van der Waals surface area (Å²) < 4.78 is 0. The van der Waals surface area contributed by atoms with Gasteiger partial charge in [0.1, 0.15) is 5.82 Å². The molecule has 2 heterocycles. The van der Waals surface area contributed by atoms with Crippen LogP contribution in [0.5, 0.6) is 0 Å². The second kappa shape index (κ2) is 12.6. The summed E-state index contributed by atoms with van der Waals surface area (Å²) in [6.45, 7) is 6.80. The summed E-state index contributed by atoms with van der Waals surface area (Å²) in [7, 11) is 2.13. The van der Waals surface area contributed by atoms with Crippen LogP contribution in [0.4, 0.5) is 5.82 Å². The smallest absolute Gasteiger partial charge is 0.224 e. The van der Waals surface area contributed by atoms with E-state index in [0.29, 0.717) is 13.1 Å². The molecule has 3 N–H and O–H groups in total. The summed E-state index contributed by atoms with van der Waals surface area (Å²) in [6, 6.07) is 3.99. The number of amides is 1. The SMILES string of the molecule is CC(CN)C(=O)NCc1ccnc(N2CCN(C)CC2)c1.Cl.Cl.Cl. The average Bonchev–Trinajstić information content (AvgIpc) is 2.52. The zero-order chi connectivity index (χ0) is 15.2. The van der Waals surface area contributed by atoms with Gasteiger partial charge in [-0.25, -0.2) is 4.98 Å². The quantitative estimate of drug-likeness (QED) is 0.779. The fraction of sp³-hybridized carbons (Fsp3) is 0.600. The number of hydrogen-bond donors (Lipinski definition) is 2. The molecule has 1 aromatic heterocycles. The fourth-order valence-electron chi connectivity index (χ4n) is 2.25. The van der Waals surface area contributed by atoms with Crippen LogP contribution in [0.25, 0.3) is 0 Å². The van der Waals surface area contributed by atoms with E-state index in [-0.39, 0.29) is 49.0 Å². The van der Waals surface area contributed by atoms with Crippen LogP contribution in [0, 0.1) is 5.92 Å². The van der Waals surface area contributed by atoms with Crippen molar-refractivity contribution in [1.29, 1.82) is 0 Å². The Balaban J connectivity index is 0. The van der Waals surface area contributed by atoms with Gasteiger partial charge < -0.3 is 20.9 Å². The topological polar surface area (TPSA) is 74.5 Å². The first-order valence-corrected chi connectivity index (χ1v) is 7.46. The monoisotopic (exact) mass is 399 g/mol. The number of halogens is 3. The molecule has 1 fully saturated rings. The predicted octanol–water partition coefficient (Wildman–Crippen LogP) is 1.31. The van der Waals surface area contributed by atoms with Crippen LogP contribution in [0.1, 0.15) is 12.5 Å². The van der Waals surface area contributed by atoms with E-state index in [9.17, 15) is 4.79 Å². The Kier molecular flexibility index (Phi) is 13.3. The number of nitrogens with two attached hydrogens (primary N) is 1. The van der Waals surface area contributed by atoms with Crippen molar-refractivity contribution in [3.05, 3.63) is 23.9 Å². The minimum Gasteiger partial charge on any atom is -0.354 e. The van der Waals surface area contributed by atoms with Crippen molar-refractivity contribution >= 4 is 48.9 Å². The Labute approximate surface area is 162 Å². The molecule has 140 valence electrons. The highest BCUT2D eigenvalue weighted by Crippen LogP contribution is 2.14. The van der Waals surface area contributed by atoms with Crippen molar-refractivity contribution in [2.75, 3.05) is 44.7 Å². The highest BCUT2D eigenvalue weighted by atomic mass is 35.5. The zero-order valence-corrected chi connectivity index (χ0v) is 16.6. The average molecular weight is 401 g/mol. The third-order valence-corrected chi connectivity index (χ3v) is 3.91.